The largest absolute Gasteiger partial charge is 0.468 e. The molecule has 0 aliphatic heterocycles. The lowest BCUT2D eigenvalue weighted by Crippen LogP contribution is -2.22. The van der Waals surface area contributed by atoms with Gasteiger partial charge in [-0.25, -0.2) is 0 Å². The Morgan fingerprint density at radius 1 is 1.79 bits per heavy atom. The Bertz CT molecular complexity index is 338. The Labute approximate surface area is 95.4 Å². The minimum atomic E-state index is -0.354. The summed E-state index contributed by atoms with van der Waals surface area (Å²) in [5.74, 6) is -0.636. The van der Waals surface area contributed by atoms with Gasteiger partial charge in [0.05, 0.1) is 7.11 Å². The van der Waals surface area contributed by atoms with Crippen LogP contribution in [0.5, 0.6) is 0 Å². The number of ether oxygens (including phenoxy) is 1. The second-order valence-electron chi connectivity index (χ2n) is 2.91. The standard InChI is InChI=1S/C9H12BrNO2S/c1-5-4-14-8(7(5)10)6(3-11)9(12)13-2/h4,6H,3,11H2,1-2H3. The fraction of sp³-hybridized carbons (Fsp3) is 0.444. The van der Waals surface area contributed by atoms with E-state index in [4.69, 9.17) is 5.73 Å². The van der Waals surface area contributed by atoms with Crippen molar-refractivity contribution < 1.29 is 9.53 Å². The van der Waals surface area contributed by atoms with Crippen molar-refractivity contribution in [1.82, 2.24) is 0 Å². The highest BCUT2D eigenvalue weighted by Gasteiger charge is 2.24. The summed E-state index contributed by atoms with van der Waals surface area (Å²) in [5, 5.41) is 1.99. The van der Waals surface area contributed by atoms with Crippen LogP contribution in [0.15, 0.2) is 9.85 Å². The smallest absolute Gasteiger partial charge is 0.315 e. The van der Waals surface area contributed by atoms with Crippen molar-refractivity contribution in [2.75, 3.05) is 13.7 Å². The average molecular weight is 278 g/mol. The SMILES string of the molecule is COC(=O)C(CN)c1scc(C)c1Br. The van der Waals surface area contributed by atoms with Gasteiger partial charge in [0.15, 0.2) is 0 Å². The van der Waals surface area contributed by atoms with Gasteiger partial charge in [-0.05, 0) is 33.8 Å². The average Bonchev–Trinajstić information content (AvgIpc) is 2.50. The van der Waals surface area contributed by atoms with Crippen LogP contribution in [0.1, 0.15) is 16.4 Å². The van der Waals surface area contributed by atoms with E-state index < -0.39 is 0 Å². The quantitative estimate of drug-likeness (QED) is 0.861. The molecule has 0 aromatic carbocycles. The Morgan fingerprint density at radius 2 is 2.43 bits per heavy atom. The number of carbonyl (C=O) groups is 1. The van der Waals surface area contributed by atoms with Crippen molar-refractivity contribution >= 4 is 33.2 Å². The summed E-state index contributed by atoms with van der Waals surface area (Å²) >= 11 is 4.96. The summed E-state index contributed by atoms with van der Waals surface area (Å²) in [6.45, 7) is 2.25. The van der Waals surface area contributed by atoms with E-state index in [0.29, 0.717) is 0 Å². The first-order valence-corrected chi connectivity index (χ1v) is 5.80. The van der Waals surface area contributed by atoms with Crippen LogP contribution in [0.4, 0.5) is 0 Å². The molecule has 1 heterocycles. The van der Waals surface area contributed by atoms with Crippen LogP contribution in [0.2, 0.25) is 0 Å². The normalized spacial score (nSPS) is 12.6. The third-order valence-corrected chi connectivity index (χ3v) is 4.49. The van der Waals surface area contributed by atoms with Gasteiger partial charge in [-0.1, -0.05) is 0 Å². The van der Waals surface area contributed by atoms with E-state index in [-0.39, 0.29) is 18.4 Å². The molecule has 0 bridgehead atoms. The molecule has 0 aliphatic carbocycles. The zero-order chi connectivity index (χ0) is 10.7. The van der Waals surface area contributed by atoms with E-state index in [2.05, 4.69) is 20.7 Å². The predicted molar refractivity (Wildman–Crippen MR) is 60.6 cm³/mol. The lowest BCUT2D eigenvalue weighted by molar-refractivity contribution is -0.142. The summed E-state index contributed by atoms with van der Waals surface area (Å²) < 4.78 is 5.65. The number of hydrogen-bond acceptors (Lipinski definition) is 4. The fourth-order valence-corrected chi connectivity index (χ4v) is 3.00. The van der Waals surface area contributed by atoms with E-state index in [1.807, 2.05) is 12.3 Å². The monoisotopic (exact) mass is 277 g/mol. The molecule has 1 aromatic rings. The zero-order valence-corrected chi connectivity index (χ0v) is 10.4. The summed E-state index contributed by atoms with van der Waals surface area (Å²) in [5.41, 5.74) is 6.66. The lowest BCUT2D eigenvalue weighted by Gasteiger charge is -2.10. The van der Waals surface area contributed by atoms with Gasteiger partial charge in [-0.2, -0.15) is 0 Å². The van der Waals surface area contributed by atoms with Crippen LogP contribution in [0, 0.1) is 6.92 Å². The molecule has 5 heteroatoms. The highest BCUT2D eigenvalue weighted by molar-refractivity contribution is 9.10. The molecule has 1 atom stereocenters. The molecule has 1 unspecified atom stereocenters. The van der Waals surface area contributed by atoms with Crippen LogP contribution >= 0.6 is 27.3 Å². The molecule has 0 amide bonds. The van der Waals surface area contributed by atoms with Crippen LogP contribution in [-0.4, -0.2) is 19.6 Å². The van der Waals surface area contributed by atoms with E-state index in [1.54, 1.807) is 0 Å². The molecule has 0 radical (unpaired) electrons. The molecule has 78 valence electrons. The van der Waals surface area contributed by atoms with Crippen molar-refractivity contribution in [3.8, 4) is 0 Å². The van der Waals surface area contributed by atoms with Crippen LogP contribution in [0.3, 0.4) is 0 Å². The number of hydrogen-bond donors (Lipinski definition) is 1. The number of rotatable bonds is 3. The number of carbonyl (C=O) groups excluding carboxylic acids is 1. The first kappa shape index (κ1) is 11.7. The number of methoxy groups -OCH3 is 1. The first-order valence-electron chi connectivity index (χ1n) is 4.13. The summed E-state index contributed by atoms with van der Waals surface area (Å²) in [4.78, 5) is 12.3. The molecule has 14 heavy (non-hydrogen) atoms. The van der Waals surface area contributed by atoms with E-state index in [9.17, 15) is 4.79 Å². The van der Waals surface area contributed by atoms with Crippen molar-refractivity contribution in [3.63, 3.8) is 0 Å². The first-order chi connectivity index (χ1) is 6.61. The molecule has 0 aliphatic rings. The predicted octanol–water partition coefficient (Wildman–Crippen LogP) is 2.03. The minimum Gasteiger partial charge on any atom is -0.468 e. The van der Waals surface area contributed by atoms with E-state index in [1.165, 1.54) is 18.4 Å². The number of nitrogens with two attached hydrogens (primary N) is 1. The van der Waals surface area contributed by atoms with Gasteiger partial charge < -0.3 is 10.5 Å². The van der Waals surface area contributed by atoms with Crippen LogP contribution in [-0.2, 0) is 9.53 Å². The Kier molecular flexibility index (Phi) is 4.10. The van der Waals surface area contributed by atoms with Crippen LogP contribution in [0.25, 0.3) is 0 Å². The summed E-state index contributed by atoms with van der Waals surface area (Å²) in [6, 6.07) is 0. The second kappa shape index (κ2) is 4.91. The molecule has 2 N–H and O–H groups in total. The summed E-state index contributed by atoms with van der Waals surface area (Å²) in [7, 11) is 1.37. The third-order valence-electron chi connectivity index (χ3n) is 1.96. The third kappa shape index (κ3) is 2.16. The molecule has 0 saturated heterocycles. The van der Waals surface area contributed by atoms with Gasteiger partial charge in [0.1, 0.15) is 5.92 Å². The topological polar surface area (TPSA) is 52.3 Å². The Morgan fingerprint density at radius 3 is 2.79 bits per heavy atom. The van der Waals surface area contributed by atoms with Crippen molar-refractivity contribution in [2.24, 2.45) is 5.73 Å². The minimum absolute atomic E-state index is 0.269. The van der Waals surface area contributed by atoms with Crippen molar-refractivity contribution in [2.45, 2.75) is 12.8 Å². The van der Waals surface area contributed by atoms with Gasteiger partial charge in [0.25, 0.3) is 0 Å². The van der Waals surface area contributed by atoms with Gasteiger partial charge >= 0.3 is 5.97 Å². The highest BCUT2D eigenvalue weighted by atomic mass is 79.9. The lowest BCUT2D eigenvalue weighted by atomic mass is 10.1. The molecule has 0 fully saturated rings. The van der Waals surface area contributed by atoms with Gasteiger partial charge in [-0.15, -0.1) is 11.3 Å². The van der Waals surface area contributed by atoms with Crippen molar-refractivity contribution in [1.29, 1.82) is 0 Å². The number of aryl methyl sites for hydroxylation is 1. The number of esters is 1. The molecule has 0 saturated carbocycles. The molecule has 3 nitrogen and oxygen atoms in total. The van der Waals surface area contributed by atoms with Gasteiger partial charge in [-0.3, -0.25) is 4.79 Å². The Hall–Kier alpha value is -0.390. The maximum Gasteiger partial charge on any atom is 0.315 e. The molecular formula is C9H12BrNO2S. The van der Waals surface area contributed by atoms with Gasteiger partial charge in [0, 0.05) is 15.9 Å². The highest BCUT2D eigenvalue weighted by Crippen LogP contribution is 2.33. The molecule has 1 aromatic heterocycles. The number of halogens is 1. The maximum absolute atomic E-state index is 11.4. The molecular weight excluding hydrogens is 266 g/mol. The Balaban J connectivity index is 3.01. The fourth-order valence-electron chi connectivity index (χ4n) is 1.14. The summed E-state index contributed by atoms with van der Waals surface area (Å²) in [6.07, 6.45) is 0. The van der Waals surface area contributed by atoms with E-state index >= 15 is 0 Å². The van der Waals surface area contributed by atoms with Crippen molar-refractivity contribution in [3.05, 3.63) is 20.3 Å². The zero-order valence-electron chi connectivity index (χ0n) is 8.04. The van der Waals surface area contributed by atoms with Gasteiger partial charge in [0.2, 0.25) is 0 Å². The van der Waals surface area contributed by atoms with Crippen LogP contribution < -0.4 is 5.73 Å². The second-order valence-corrected chi connectivity index (χ2v) is 4.61. The number of thiophene rings is 1. The maximum atomic E-state index is 11.4. The van der Waals surface area contributed by atoms with E-state index in [0.717, 1.165) is 14.9 Å². The molecule has 0 spiro atoms. The molecule has 1 rings (SSSR count).